The molecule has 0 fully saturated rings. The maximum atomic E-state index is 2.34. The number of hydrogen-bond donors (Lipinski definition) is 0. The average Bonchev–Trinajstić information content (AvgIpc) is 2.40. The molecule has 0 aliphatic heterocycles. The van der Waals surface area contributed by atoms with Crippen molar-refractivity contribution in [2.24, 2.45) is 0 Å². The Morgan fingerprint density at radius 3 is 2.33 bits per heavy atom. The van der Waals surface area contributed by atoms with Crippen LogP contribution in [0.5, 0.6) is 0 Å². The first-order valence-corrected chi connectivity index (χ1v) is 6.78. The Bertz CT molecular complexity index is 497. The van der Waals surface area contributed by atoms with E-state index in [2.05, 4.69) is 69.3 Å². The van der Waals surface area contributed by atoms with E-state index < -0.39 is 0 Å². The second-order valence-electron chi connectivity index (χ2n) is 5.21. The molecular formula is C18H22. The minimum Gasteiger partial charge on any atom is -0.0622 e. The first-order chi connectivity index (χ1) is 8.68. The van der Waals surface area contributed by atoms with Gasteiger partial charge in [0.2, 0.25) is 0 Å². The number of aryl methyl sites for hydroxylation is 2. The molecule has 0 heteroatoms. The molecule has 0 bridgehead atoms. The van der Waals surface area contributed by atoms with E-state index in [0.29, 0.717) is 5.92 Å². The molecular weight excluding hydrogens is 216 g/mol. The summed E-state index contributed by atoms with van der Waals surface area (Å²) in [5, 5.41) is 0. The summed E-state index contributed by atoms with van der Waals surface area (Å²) in [6.45, 7) is 6.77. The highest BCUT2D eigenvalue weighted by molar-refractivity contribution is 5.35. The lowest BCUT2D eigenvalue weighted by atomic mass is 9.89. The zero-order valence-electron chi connectivity index (χ0n) is 11.6. The molecule has 0 nitrogen and oxygen atoms in total. The van der Waals surface area contributed by atoms with E-state index in [1.54, 1.807) is 0 Å². The quantitative estimate of drug-likeness (QED) is 0.700. The zero-order chi connectivity index (χ0) is 13.0. The molecule has 0 heterocycles. The Morgan fingerprint density at radius 1 is 0.889 bits per heavy atom. The van der Waals surface area contributed by atoms with E-state index in [1.165, 1.54) is 28.7 Å². The molecule has 1 atom stereocenters. The van der Waals surface area contributed by atoms with Crippen molar-refractivity contribution in [3.05, 3.63) is 70.8 Å². The summed E-state index contributed by atoms with van der Waals surface area (Å²) < 4.78 is 0. The highest BCUT2D eigenvalue weighted by Crippen LogP contribution is 2.25. The summed E-state index contributed by atoms with van der Waals surface area (Å²) in [6.07, 6.45) is 2.38. The molecule has 0 radical (unpaired) electrons. The van der Waals surface area contributed by atoms with Crippen LogP contribution in [0.4, 0.5) is 0 Å². The lowest BCUT2D eigenvalue weighted by Crippen LogP contribution is -2.00. The first-order valence-electron chi connectivity index (χ1n) is 6.78. The number of benzene rings is 2. The SMILES string of the molecule is Cc1cccc(C(C)CCc2ccccc2)c1C. The van der Waals surface area contributed by atoms with Gasteiger partial charge in [0.25, 0.3) is 0 Å². The molecule has 0 aliphatic carbocycles. The minimum atomic E-state index is 0.630. The summed E-state index contributed by atoms with van der Waals surface area (Å²) in [4.78, 5) is 0. The van der Waals surface area contributed by atoms with Crippen LogP contribution in [0.3, 0.4) is 0 Å². The molecule has 0 saturated carbocycles. The topological polar surface area (TPSA) is 0 Å². The molecule has 94 valence electrons. The van der Waals surface area contributed by atoms with Crippen LogP contribution in [0.2, 0.25) is 0 Å². The largest absolute Gasteiger partial charge is 0.0622 e. The van der Waals surface area contributed by atoms with Gasteiger partial charge in [-0.3, -0.25) is 0 Å². The highest BCUT2D eigenvalue weighted by Gasteiger charge is 2.09. The molecule has 2 rings (SSSR count). The summed E-state index contributed by atoms with van der Waals surface area (Å²) in [5.41, 5.74) is 5.80. The van der Waals surface area contributed by atoms with Crippen molar-refractivity contribution in [1.82, 2.24) is 0 Å². The molecule has 2 aromatic carbocycles. The minimum absolute atomic E-state index is 0.630. The highest BCUT2D eigenvalue weighted by atomic mass is 14.1. The van der Waals surface area contributed by atoms with Crippen molar-refractivity contribution in [3.63, 3.8) is 0 Å². The molecule has 1 unspecified atom stereocenters. The number of rotatable bonds is 4. The van der Waals surface area contributed by atoms with E-state index in [9.17, 15) is 0 Å². The van der Waals surface area contributed by atoms with Gasteiger partial charge in [-0.25, -0.2) is 0 Å². The van der Waals surface area contributed by atoms with Crippen LogP contribution < -0.4 is 0 Å². The Balaban J connectivity index is 2.04. The van der Waals surface area contributed by atoms with E-state index in [1.807, 2.05) is 0 Å². The average molecular weight is 238 g/mol. The fourth-order valence-corrected chi connectivity index (χ4v) is 2.49. The maximum Gasteiger partial charge on any atom is -0.0185 e. The Labute approximate surface area is 111 Å². The van der Waals surface area contributed by atoms with Gasteiger partial charge in [0, 0.05) is 0 Å². The van der Waals surface area contributed by atoms with Crippen molar-refractivity contribution in [2.75, 3.05) is 0 Å². The lowest BCUT2D eigenvalue weighted by Gasteiger charge is -2.16. The van der Waals surface area contributed by atoms with Crippen molar-refractivity contribution in [1.29, 1.82) is 0 Å². The summed E-state index contributed by atoms with van der Waals surface area (Å²) in [5.74, 6) is 0.630. The van der Waals surface area contributed by atoms with E-state index in [0.717, 1.165) is 6.42 Å². The van der Waals surface area contributed by atoms with Crippen LogP contribution in [-0.2, 0) is 6.42 Å². The fourth-order valence-electron chi connectivity index (χ4n) is 2.49. The van der Waals surface area contributed by atoms with Gasteiger partial charge in [0.05, 0.1) is 0 Å². The van der Waals surface area contributed by atoms with Crippen LogP contribution in [0.15, 0.2) is 48.5 Å². The zero-order valence-corrected chi connectivity index (χ0v) is 11.6. The van der Waals surface area contributed by atoms with Gasteiger partial charge in [0.15, 0.2) is 0 Å². The van der Waals surface area contributed by atoms with Crippen molar-refractivity contribution in [2.45, 2.75) is 39.5 Å². The van der Waals surface area contributed by atoms with Crippen LogP contribution in [0, 0.1) is 13.8 Å². The first kappa shape index (κ1) is 12.9. The maximum absolute atomic E-state index is 2.34. The van der Waals surface area contributed by atoms with Crippen LogP contribution in [-0.4, -0.2) is 0 Å². The van der Waals surface area contributed by atoms with Gasteiger partial charge in [0.1, 0.15) is 0 Å². The van der Waals surface area contributed by atoms with Gasteiger partial charge >= 0.3 is 0 Å². The van der Waals surface area contributed by atoms with Crippen molar-refractivity contribution >= 4 is 0 Å². The monoisotopic (exact) mass is 238 g/mol. The third-order valence-corrected chi connectivity index (χ3v) is 3.89. The van der Waals surface area contributed by atoms with Crippen LogP contribution in [0.1, 0.15) is 41.5 Å². The van der Waals surface area contributed by atoms with Crippen LogP contribution in [0.25, 0.3) is 0 Å². The molecule has 2 aromatic rings. The summed E-state index contributed by atoms with van der Waals surface area (Å²) in [7, 11) is 0. The molecule has 18 heavy (non-hydrogen) atoms. The Kier molecular flexibility index (Phi) is 4.19. The van der Waals surface area contributed by atoms with Gasteiger partial charge in [-0.05, 0) is 54.9 Å². The van der Waals surface area contributed by atoms with Gasteiger partial charge in [-0.15, -0.1) is 0 Å². The van der Waals surface area contributed by atoms with Crippen molar-refractivity contribution < 1.29 is 0 Å². The Morgan fingerprint density at radius 2 is 1.61 bits per heavy atom. The predicted octanol–water partition coefficient (Wildman–Crippen LogP) is 5.04. The molecule has 0 saturated heterocycles. The Hall–Kier alpha value is -1.56. The third kappa shape index (κ3) is 3.01. The summed E-state index contributed by atoms with van der Waals surface area (Å²) in [6, 6.07) is 17.4. The second-order valence-corrected chi connectivity index (χ2v) is 5.21. The normalized spacial score (nSPS) is 12.4. The van der Waals surface area contributed by atoms with E-state index in [4.69, 9.17) is 0 Å². The number of hydrogen-bond acceptors (Lipinski definition) is 0. The van der Waals surface area contributed by atoms with E-state index in [-0.39, 0.29) is 0 Å². The molecule has 0 amide bonds. The molecule has 0 aromatic heterocycles. The second kappa shape index (κ2) is 5.86. The van der Waals surface area contributed by atoms with Crippen LogP contribution >= 0.6 is 0 Å². The van der Waals surface area contributed by atoms with Gasteiger partial charge < -0.3 is 0 Å². The standard InChI is InChI=1S/C18H22/c1-14-8-7-11-18(16(14)3)15(2)12-13-17-9-5-4-6-10-17/h4-11,15H,12-13H2,1-3H3. The molecule has 0 aliphatic rings. The fraction of sp³-hybridized carbons (Fsp3) is 0.333. The summed E-state index contributed by atoms with van der Waals surface area (Å²) >= 11 is 0. The van der Waals surface area contributed by atoms with Gasteiger partial charge in [-0.2, -0.15) is 0 Å². The molecule has 0 spiro atoms. The predicted molar refractivity (Wildman–Crippen MR) is 79.1 cm³/mol. The third-order valence-electron chi connectivity index (χ3n) is 3.89. The van der Waals surface area contributed by atoms with Gasteiger partial charge in [-0.1, -0.05) is 55.5 Å². The lowest BCUT2D eigenvalue weighted by molar-refractivity contribution is 0.675. The molecule has 0 N–H and O–H groups in total. The van der Waals surface area contributed by atoms with E-state index >= 15 is 0 Å². The smallest absolute Gasteiger partial charge is 0.0185 e. The van der Waals surface area contributed by atoms with Crippen molar-refractivity contribution in [3.8, 4) is 0 Å².